The van der Waals surface area contributed by atoms with Crippen LogP contribution in [0.3, 0.4) is 0 Å². The van der Waals surface area contributed by atoms with Gasteiger partial charge in [-0.3, -0.25) is 0 Å². The number of nitrogens with one attached hydrogen (secondary N) is 1. The molecule has 0 rings (SSSR count). The molecule has 0 bridgehead atoms. The van der Waals surface area contributed by atoms with E-state index in [0.29, 0.717) is 0 Å². The second-order valence-corrected chi connectivity index (χ2v) is 2.16. The summed E-state index contributed by atoms with van der Waals surface area (Å²) < 4.78 is 0. The fraction of sp³-hybridized carbons (Fsp3) is 0.714. The van der Waals surface area contributed by atoms with Gasteiger partial charge in [-0.15, -0.1) is 6.58 Å². The third kappa shape index (κ3) is 3.27. The van der Waals surface area contributed by atoms with Gasteiger partial charge >= 0.3 is 0 Å². The van der Waals surface area contributed by atoms with E-state index < -0.39 is 0 Å². The molecular formula is C7H15NO. The molecule has 0 heterocycles. The van der Waals surface area contributed by atoms with E-state index in [9.17, 15) is 0 Å². The number of hydrogen-bond acceptors (Lipinski definition) is 2. The number of rotatable bonds is 4. The van der Waals surface area contributed by atoms with Gasteiger partial charge in [0.25, 0.3) is 0 Å². The lowest BCUT2D eigenvalue weighted by Gasteiger charge is -2.16. The maximum absolute atomic E-state index is 9.03. The Labute approximate surface area is 56.6 Å². The molecule has 2 atom stereocenters. The highest BCUT2D eigenvalue weighted by Gasteiger charge is 2.08. The van der Waals surface area contributed by atoms with Gasteiger partial charge in [-0.2, -0.15) is 0 Å². The monoisotopic (exact) mass is 129 g/mol. The quantitative estimate of drug-likeness (QED) is 0.543. The maximum Gasteiger partial charge on any atom is 0.0668 e. The van der Waals surface area contributed by atoms with Crippen LogP contribution in [0.5, 0.6) is 0 Å². The Hall–Kier alpha value is -0.340. The normalized spacial score (nSPS) is 16.8. The van der Waals surface area contributed by atoms with Gasteiger partial charge in [-0.1, -0.05) is 6.08 Å². The largest absolute Gasteiger partial charge is 0.392 e. The standard InChI is InChI=1S/C7H15NO/c1-4-5-7(8-3)6(2)9/h4,6-9H,1,5H2,2-3H3/t6-,7-/m1/s1. The molecule has 0 radical (unpaired) electrons. The molecule has 2 N–H and O–H groups in total. The Kier molecular flexibility index (Phi) is 4.36. The van der Waals surface area contributed by atoms with Crippen molar-refractivity contribution in [1.29, 1.82) is 0 Å². The zero-order chi connectivity index (χ0) is 7.28. The van der Waals surface area contributed by atoms with Crippen LogP contribution in [0.1, 0.15) is 13.3 Å². The van der Waals surface area contributed by atoms with Crippen molar-refractivity contribution in [3.63, 3.8) is 0 Å². The van der Waals surface area contributed by atoms with Gasteiger partial charge in [0, 0.05) is 6.04 Å². The second kappa shape index (κ2) is 4.53. The Balaban J connectivity index is 3.53. The van der Waals surface area contributed by atoms with Crippen LogP contribution in [0.25, 0.3) is 0 Å². The first-order valence-electron chi connectivity index (χ1n) is 3.18. The number of aliphatic hydroxyl groups excluding tert-OH is 1. The van der Waals surface area contributed by atoms with E-state index in [1.165, 1.54) is 0 Å². The van der Waals surface area contributed by atoms with Crippen LogP contribution >= 0.6 is 0 Å². The summed E-state index contributed by atoms with van der Waals surface area (Å²) in [5.41, 5.74) is 0. The summed E-state index contributed by atoms with van der Waals surface area (Å²) in [6.07, 6.45) is 2.31. The van der Waals surface area contributed by atoms with E-state index in [4.69, 9.17) is 5.11 Å². The van der Waals surface area contributed by atoms with E-state index in [2.05, 4.69) is 11.9 Å². The highest BCUT2D eigenvalue weighted by Crippen LogP contribution is 1.97. The Morgan fingerprint density at radius 2 is 2.33 bits per heavy atom. The van der Waals surface area contributed by atoms with Gasteiger partial charge < -0.3 is 10.4 Å². The minimum atomic E-state index is -0.298. The SMILES string of the molecule is C=CC[C@@H](NC)[C@@H](C)O. The van der Waals surface area contributed by atoms with E-state index in [0.717, 1.165) is 6.42 Å². The minimum Gasteiger partial charge on any atom is -0.392 e. The molecule has 0 aliphatic carbocycles. The Morgan fingerprint density at radius 1 is 1.78 bits per heavy atom. The third-order valence-electron chi connectivity index (χ3n) is 1.37. The topological polar surface area (TPSA) is 32.3 Å². The van der Waals surface area contributed by atoms with Crippen molar-refractivity contribution in [2.75, 3.05) is 7.05 Å². The van der Waals surface area contributed by atoms with Crippen LogP contribution in [0.4, 0.5) is 0 Å². The molecule has 0 aromatic rings. The van der Waals surface area contributed by atoms with E-state index in [1.807, 2.05) is 7.05 Å². The lowest BCUT2D eigenvalue weighted by atomic mass is 10.1. The van der Waals surface area contributed by atoms with Crippen LogP contribution in [0.2, 0.25) is 0 Å². The van der Waals surface area contributed by atoms with Crippen LogP contribution in [0, 0.1) is 0 Å². The van der Waals surface area contributed by atoms with Gasteiger partial charge in [-0.05, 0) is 20.4 Å². The van der Waals surface area contributed by atoms with Crippen LogP contribution in [0.15, 0.2) is 12.7 Å². The average Bonchev–Trinajstić information content (AvgIpc) is 1.82. The maximum atomic E-state index is 9.03. The van der Waals surface area contributed by atoms with Crippen molar-refractivity contribution in [2.24, 2.45) is 0 Å². The van der Waals surface area contributed by atoms with Gasteiger partial charge in [0.1, 0.15) is 0 Å². The zero-order valence-corrected chi connectivity index (χ0v) is 6.09. The van der Waals surface area contributed by atoms with Gasteiger partial charge in [0.05, 0.1) is 6.10 Å². The van der Waals surface area contributed by atoms with E-state index in [1.54, 1.807) is 13.0 Å². The summed E-state index contributed by atoms with van der Waals surface area (Å²) in [5.74, 6) is 0. The van der Waals surface area contributed by atoms with Crippen molar-refractivity contribution in [3.05, 3.63) is 12.7 Å². The minimum absolute atomic E-state index is 0.155. The molecule has 9 heavy (non-hydrogen) atoms. The molecule has 0 amide bonds. The molecule has 0 aromatic carbocycles. The van der Waals surface area contributed by atoms with Crippen LogP contribution in [-0.4, -0.2) is 24.3 Å². The summed E-state index contributed by atoms with van der Waals surface area (Å²) in [5, 5.41) is 12.0. The van der Waals surface area contributed by atoms with Crippen molar-refractivity contribution < 1.29 is 5.11 Å². The first kappa shape index (κ1) is 8.66. The molecule has 0 aliphatic heterocycles. The van der Waals surface area contributed by atoms with Crippen molar-refractivity contribution >= 4 is 0 Å². The predicted molar refractivity (Wildman–Crippen MR) is 39.3 cm³/mol. The van der Waals surface area contributed by atoms with Gasteiger partial charge in [0.15, 0.2) is 0 Å². The van der Waals surface area contributed by atoms with E-state index in [-0.39, 0.29) is 12.1 Å². The molecule has 2 nitrogen and oxygen atoms in total. The highest BCUT2D eigenvalue weighted by molar-refractivity contribution is 4.80. The van der Waals surface area contributed by atoms with Crippen molar-refractivity contribution in [2.45, 2.75) is 25.5 Å². The molecule has 0 aromatic heterocycles. The number of aliphatic hydroxyl groups is 1. The van der Waals surface area contributed by atoms with Crippen LogP contribution < -0.4 is 5.32 Å². The first-order chi connectivity index (χ1) is 4.22. The highest BCUT2D eigenvalue weighted by atomic mass is 16.3. The lowest BCUT2D eigenvalue weighted by molar-refractivity contribution is 0.150. The Bertz CT molecular complexity index is 81.0. The first-order valence-corrected chi connectivity index (χ1v) is 3.18. The average molecular weight is 129 g/mol. The fourth-order valence-electron chi connectivity index (χ4n) is 0.736. The van der Waals surface area contributed by atoms with Gasteiger partial charge in [-0.25, -0.2) is 0 Å². The number of hydrogen-bond donors (Lipinski definition) is 2. The summed E-state index contributed by atoms with van der Waals surface area (Å²) >= 11 is 0. The second-order valence-electron chi connectivity index (χ2n) is 2.16. The molecule has 0 spiro atoms. The van der Waals surface area contributed by atoms with Crippen LogP contribution in [-0.2, 0) is 0 Å². The molecule has 0 fully saturated rings. The summed E-state index contributed by atoms with van der Waals surface area (Å²) in [6.45, 7) is 5.35. The zero-order valence-electron chi connectivity index (χ0n) is 6.09. The van der Waals surface area contributed by atoms with Gasteiger partial charge in [0.2, 0.25) is 0 Å². The molecule has 0 unspecified atom stereocenters. The third-order valence-corrected chi connectivity index (χ3v) is 1.37. The molecule has 54 valence electrons. The molecule has 2 heteroatoms. The predicted octanol–water partition coefficient (Wildman–Crippen LogP) is 0.531. The lowest BCUT2D eigenvalue weighted by Crippen LogP contribution is -2.34. The molecule has 0 aliphatic rings. The summed E-state index contributed by atoms with van der Waals surface area (Å²) in [6, 6.07) is 0.155. The van der Waals surface area contributed by atoms with E-state index >= 15 is 0 Å². The number of likely N-dealkylation sites (N-methyl/N-ethyl adjacent to an activating group) is 1. The fourth-order valence-corrected chi connectivity index (χ4v) is 0.736. The molecule has 0 saturated heterocycles. The molecule has 0 saturated carbocycles. The van der Waals surface area contributed by atoms with Crippen molar-refractivity contribution in [3.8, 4) is 0 Å². The smallest absolute Gasteiger partial charge is 0.0668 e. The Morgan fingerprint density at radius 3 is 2.44 bits per heavy atom. The van der Waals surface area contributed by atoms with Crippen molar-refractivity contribution in [1.82, 2.24) is 5.32 Å². The summed E-state index contributed by atoms with van der Waals surface area (Å²) in [4.78, 5) is 0. The molecular weight excluding hydrogens is 114 g/mol. The summed E-state index contributed by atoms with van der Waals surface area (Å²) in [7, 11) is 1.83.